The van der Waals surface area contributed by atoms with Crippen molar-refractivity contribution < 1.29 is 9.15 Å². The molecule has 0 fully saturated rings. The molecule has 1 aromatic carbocycles. The highest BCUT2D eigenvalue weighted by molar-refractivity contribution is 5.73. The van der Waals surface area contributed by atoms with Crippen LogP contribution in [0.3, 0.4) is 0 Å². The number of fused-ring (bicyclic) bond motifs is 2. The van der Waals surface area contributed by atoms with Crippen LogP contribution in [0.2, 0.25) is 0 Å². The van der Waals surface area contributed by atoms with Gasteiger partial charge < -0.3 is 9.15 Å². The quantitative estimate of drug-likeness (QED) is 0.610. The fourth-order valence-electron chi connectivity index (χ4n) is 3.65. The van der Waals surface area contributed by atoms with Crippen LogP contribution in [0.5, 0.6) is 5.75 Å². The Labute approximate surface area is 142 Å². The number of nitrogens with zero attached hydrogens (tertiary/aromatic N) is 1. The SMILES string of the molecule is Cc1ccc2oc(C3(C)CCc4c(C)cc(C)c(C)c4O3)cc2n1. The summed E-state index contributed by atoms with van der Waals surface area (Å²) < 4.78 is 12.6. The van der Waals surface area contributed by atoms with E-state index in [1.165, 1.54) is 22.3 Å². The van der Waals surface area contributed by atoms with E-state index in [1.807, 2.05) is 25.1 Å². The van der Waals surface area contributed by atoms with Crippen LogP contribution in [-0.2, 0) is 12.0 Å². The Morgan fingerprint density at radius 1 is 1.04 bits per heavy atom. The molecule has 0 saturated heterocycles. The predicted molar refractivity (Wildman–Crippen MR) is 95.7 cm³/mol. The van der Waals surface area contributed by atoms with Crippen LogP contribution in [0.4, 0.5) is 0 Å². The molecule has 1 atom stereocenters. The summed E-state index contributed by atoms with van der Waals surface area (Å²) >= 11 is 0. The summed E-state index contributed by atoms with van der Waals surface area (Å²) in [4.78, 5) is 4.56. The van der Waals surface area contributed by atoms with Crippen molar-refractivity contribution in [3.63, 3.8) is 0 Å². The van der Waals surface area contributed by atoms with E-state index in [0.717, 1.165) is 41.1 Å². The zero-order valence-electron chi connectivity index (χ0n) is 15.0. The van der Waals surface area contributed by atoms with Crippen molar-refractivity contribution in [1.29, 1.82) is 0 Å². The fourth-order valence-corrected chi connectivity index (χ4v) is 3.65. The van der Waals surface area contributed by atoms with Crippen LogP contribution in [0.25, 0.3) is 11.1 Å². The third-order valence-electron chi connectivity index (χ3n) is 5.33. The minimum absolute atomic E-state index is 0.452. The minimum Gasteiger partial charge on any atom is -0.479 e. The van der Waals surface area contributed by atoms with Crippen molar-refractivity contribution >= 4 is 11.1 Å². The minimum atomic E-state index is -0.452. The lowest BCUT2D eigenvalue weighted by Crippen LogP contribution is -2.34. The van der Waals surface area contributed by atoms with E-state index in [2.05, 4.69) is 38.7 Å². The largest absolute Gasteiger partial charge is 0.479 e. The first-order valence-corrected chi connectivity index (χ1v) is 8.54. The highest BCUT2D eigenvalue weighted by Crippen LogP contribution is 2.44. The fraction of sp³-hybridized carbons (Fsp3) is 0.381. The Kier molecular flexibility index (Phi) is 3.24. The molecular weight excluding hydrogens is 298 g/mol. The zero-order valence-corrected chi connectivity index (χ0v) is 15.0. The Morgan fingerprint density at radius 2 is 1.83 bits per heavy atom. The van der Waals surface area contributed by atoms with Gasteiger partial charge in [0, 0.05) is 11.8 Å². The molecule has 2 aromatic heterocycles. The van der Waals surface area contributed by atoms with Crippen molar-refractivity contribution in [2.75, 3.05) is 0 Å². The number of hydrogen-bond acceptors (Lipinski definition) is 3. The predicted octanol–water partition coefficient (Wildman–Crippen LogP) is 5.30. The number of rotatable bonds is 1. The van der Waals surface area contributed by atoms with Gasteiger partial charge in [-0.1, -0.05) is 6.07 Å². The standard InChI is InChI=1S/C21H23NO2/c1-12-10-13(2)16-8-9-21(5,24-20(16)15(12)4)19-11-17-18(23-19)7-6-14(3)22-17/h6-7,10-11H,8-9H2,1-5H3. The van der Waals surface area contributed by atoms with Crippen molar-refractivity contribution in [3.8, 4) is 5.75 Å². The Balaban J connectivity index is 1.81. The van der Waals surface area contributed by atoms with Crippen LogP contribution in [0, 0.1) is 27.7 Å². The molecule has 0 amide bonds. The topological polar surface area (TPSA) is 35.3 Å². The third-order valence-corrected chi connectivity index (χ3v) is 5.33. The average molecular weight is 321 g/mol. The summed E-state index contributed by atoms with van der Waals surface area (Å²) in [6.07, 6.45) is 1.91. The van der Waals surface area contributed by atoms with E-state index >= 15 is 0 Å². The molecule has 0 aliphatic carbocycles. The molecule has 0 spiro atoms. The lowest BCUT2D eigenvalue weighted by atomic mass is 9.86. The maximum absolute atomic E-state index is 6.54. The van der Waals surface area contributed by atoms with Gasteiger partial charge in [-0.15, -0.1) is 0 Å². The van der Waals surface area contributed by atoms with E-state index in [1.54, 1.807) is 0 Å². The highest BCUT2D eigenvalue weighted by atomic mass is 16.5. The van der Waals surface area contributed by atoms with Crippen LogP contribution < -0.4 is 4.74 Å². The van der Waals surface area contributed by atoms with Crippen LogP contribution >= 0.6 is 0 Å². The molecule has 24 heavy (non-hydrogen) atoms. The highest BCUT2D eigenvalue weighted by Gasteiger charge is 2.38. The van der Waals surface area contributed by atoms with Gasteiger partial charge in [0.2, 0.25) is 0 Å². The zero-order chi connectivity index (χ0) is 17.1. The Hall–Kier alpha value is -2.29. The van der Waals surface area contributed by atoms with Gasteiger partial charge in [-0.05, 0) is 81.8 Å². The molecule has 3 heteroatoms. The number of pyridine rings is 1. The molecule has 3 aromatic rings. The second-order valence-corrected chi connectivity index (χ2v) is 7.22. The average Bonchev–Trinajstić information content (AvgIpc) is 2.96. The number of benzene rings is 1. The summed E-state index contributed by atoms with van der Waals surface area (Å²) in [5, 5.41) is 0. The van der Waals surface area contributed by atoms with Gasteiger partial charge in [0.1, 0.15) is 17.0 Å². The summed E-state index contributed by atoms with van der Waals surface area (Å²) in [6, 6.07) is 8.26. The first-order chi connectivity index (χ1) is 11.4. The van der Waals surface area contributed by atoms with Gasteiger partial charge in [-0.2, -0.15) is 0 Å². The first-order valence-electron chi connectivity index (χ1n) is 8.54. The number of hydrogen-bond donors (Lipinski definition) is 0. The van der Waals surface area contributed by atoms with E-state index in [-0.39, 0.29) is 0 Å². The lowest BCUT2D eigenvalue weighted by molar-refractivity contribution is 0.0406. The van der Waals surface area contributed by atoms with E-state index in [9.17, 15) is 0 Å². The second kappa shape index (κ2) is 5.10. The molecule has 3 nitrogen and oxygen atoms in total. The van der Waals surface area contributed by atoms with Crippen LogP contribution in [0.15, 0.2) is 28.7 Å². The monoisotopic (exact) mass is 321 g/mol. The second-order valence-electron chi connectivity index (χ2n) is 7.22. The summed E-state index contributed by atoms with van der Waals surface area (Å²) in [5.41, 5.74) is 7.42. The van der Waals surface area contributed by atoms with Crippen molar-refractivity contribution in [1.82, 2.24) is 4.98 Å². The van der Waals surface area contributed by atoms with Crippen molar-refractivity contribution in [3.05, 3.63) is 58.0 Å². The van der Waals surface area contributed by atoms with Gasteiger partial charge in [0.15, 0.2) is 11.2 Å². The third kappa shape index (κ3) is 2.22. The Bertz CT molecular complexity index is 954. The van der Waals surface area contributed by atoms with E-state index < -0.39 is 5.60 Å². The number of aromatic nitrogens is 1. The van der Waals surface area contributed by atoms with Gasteiger partial charge in [0.25, 0.3) is 0 Å². The summed E-state index contributed by atoms with van der Waals surface area (Å²) in [5.74, 6) is 1.89. The van der Waals surface area contributed by atoms with Gasteiger partial charge in [0.05, 0.1) is 0 Å². The summed E-state index contributed by atoms with van der Waals surface area (Å²) in [7, 11) is 0. The number of ether oxygens (including phenoxy) is 1. The molecule has 3 heterocycles. The molecular formula is C21H23NO2. The number of furan rings is 1. The molecule has 124 valence electrons. The van der Waals surface area contributed by atoms with Crippen molar-refractivity contribution in [2.45, 2.75) is 53.1 Å². The van der Waals surface area contributed by atoms with E-state index in [4.69, 9.17) is 9.15 Å². The van der Waals surface area contributed by atoms with Crippen molar-refractivity contribution in [2.24, 2.45) is 0 Å². The lowest BCUT2D eigenvalue weighted by Gasteiger charge is -2.36. The van der Waals surface area contributed by atoms with Gasteiger partial charge in [-0.3, -0.25) is 0 Å². The molecule has 0 radical (unpaired) electrons. The molecule has 0 bridgehead atoms. The summed E-state index contributed by atoms with van der Waals surface area (Å²) in [6.45, 7) is 10.6. The molecule has 1 unspecified atom stereocenters. The normalized spacial score (nSPS) is 20.0. The van der Waals surface area contributed by atoms with Gasteiger partial charge >= 0.3 is 0 Å². The van der Waals surface area contributed by atoms with Crippen LogP contribution in [-0.4, -0.2) is 4.98 Å². The molecule has 1 aliphatic heterocycles. The molecule has 1 aliphatic rings. The maximum Gasteiger partial charge on any atom is 0.164 e. The van der Waals surface area contributed by atoms with Crippen LogP contribution in [0.1, 0.15) is 47.1 Å². The first kappa shape index (κ1) is 15.3. The molecule has 0 N–H and O–H groups in total. The molecule has 0 saturated carbocycles. The smallest absolute Gasteiger partial charge is 0.164 e. The van der Waals surface area contributed by atoms with Gasteiger partial charge in [-0.25, -0.2) is 4.98 Å². The maximum atomic E-state index is 6.54. The van der Waals surface area contributed by atoms with E-state index in [0.29, 0.717) is 0 Å². The number of aryl methyl sites for hydroxylation is 3. The molecule has 4 rings (SSSR count). The Morgan fingerprint density at radius 3 is 2.62 bits per heavy atom.